The molecule has 9 heteroatoms. The van der Waals surface area contributed by atoms with Gasteiger partial charge in [-0.25, -0.2) is 4.79 Å². The van der Waals surface area contributed by atoms with E-state index >= 15 is 0 Å². The molecule has 2 aromatic carbocycles. The monoisotopic (exact) mass is 411 g/mol. The Morgan fingerprint density at radius 1 is 1.10 bits per heavy atom. The minimum Gasteiger partial charge on any atom is -0.468 e. The van der Waals surface area contributed by atoms with Gasteiger partial charge in [0.25, 0.3) is 0 Å². The lowest BCUT2D eigenvalue weighted by Gasteiger charge is -2.34. The molecule has 1 atom stereocenters. The summed E-state index contributed by atoms with van der Waals surface area (Å²) in [5, 5.41) is 4.87. The summed E-state index contributed by atoms with van der Waals surface area (Å²) in [6.45, 7) is 0.416. The molecule has 0 fully saturated rings. The Bertz CT molecular complexity index is 992. The second-order valence-corrected chi connectivity index (χ2v) is 6.99. The van der Waals surface area contributed by atoms with Crippen LogP contribution in [0, 0.1) is 0 Å². The van der Waals surface area contributed by atoms with Crippen LogP contribution in [0.25, 0.3) is 0 Å². The molecule has 2 heterocycles. The SMILES string of the molecule is COC(=O)[C@H]1Cc2ccccc2CN1CC(=O)NC(=O)Nc1ccc2c(c1)OCO2. The average molecular weight is 411 g/mol. The van der Waals surface area contributed by atoms with Crippen molar-refractivity contribution in [1.82, 2.24) is 10.2 Å². The molecule has 0 bridgehead atoms. The number of imide groups is 1. The van der Waals surface area contributed by atoms with Crippen molar-refractivity contribution in [2.24, 2.45) is 0 Å². The first-order chi connectivity index (χ1) is 14.5. The van der Waals surface area contributed by atoms with Gasteiger partial charge in [0.05, 0.1) is 13.7 Å². The average Bonchev–Trinajstić information content (AvgIpc) is 3.20. The van der Waals surface area contributed by atoms with Crippen LogP contribution in [-0.4, -0.2) is 49.3 Å². The zero-order valence-electron chi connectivity index (χ0n) is 16.3. The van der Waals surface area contributed by atoms with Crippen molar-refractivity contribution in [2.45, 2.75) is 19.0 Å². The van der Waals surface area contributed by atoms with E-state index in [-0.39, 0.29) is 13.3 Å². The van der Waals surface area contributed by atoms with Crippen LogP contribution in [0.5, 0.6) is 11.5 Å². The van der Waals surface area contributed by atoms with E-state index < -0.39 is 23.9 Å². The standard InChI is InChI=1S/C21H21N3O6/c1-28-20(26)16-8-13-4-2-3-5-14(13)10-24(16)11-19(25)23-21(27)22-15-6-7-17-18(9-15)30-12-29-17/h2-7,9,16H,8,10-12H2,1H3,(H2,22,23,25,27)/t16-/m1/s1. The number of fused-ring (bicyclic) bond motifs is 2. The van der Waals surface area contributed by atoms with Gasteiger partial charge in [-0.3, -0.25) is 19.8 Å². The summed E-state index contributed by atoms with van der Waals surface area (Å²) in [7, 11) is 1.32. The number of rotatable bonds is 4. The molecule has 3 amide bonds. The number of ether oxygens (including phenoxy) is 3. The summed E-state index contributed by atoms with van der Waals surface area (Å²) >= 11 is 0. The number of anilines is 1. The number of urea groups is 1. The molecule has 156 valence electrons. The second-order valence-electron chi connectivity index (χ2n) is 6.99. The summed E-state index contributed by atoms with van der Waals surface area (Å²) in [5.74, 6) is 0.173. The van der Waals surface area contributed by atoms with E-state index in [2.05, 4.69) is 10.6 Å². The molecule has 30 heavy (non-hydrogen) atoms. The Balaban J connectivity index is 1.38. The zero-order valence-corrected chi connectivity index (χ0v) is 16.3. The number of hydrogen-bond donors (Lipinski definition) is 2. The first kappa shape index (κ1) is 19.7. The Morgan fingerprint density at radius 2 is 1.87 bits per heavy atom. The number of nitrogens with zero attached hydrogens (tertiary/aromatic N) is 1. The van der Waals surface area contributed by atoms with Gasteiger partial charge in [-0.15, -0.1) is 0 Å². The van der Waals surface area contributed by atoms with Gasteiger partial charge in [-0.2, -0.15) is 0 Å². The van der Waals surface area contributed by atoms with E-state index in [9.17, 15) is 14.4 Å². The highest BCUT2D eigenvalue weighted by molar-refractivity contribution is 6.02. The molecule has 0 saturated carbocycles. The Morgan fingerprint density at radius 3 is 2.67 bits per heavy atom. The molecule has 0 aliphatic carbocycles. The van der Waals surface area contributed by atoms with Crippen LogP contribution in [0.3, 0.4) is 0 Å². The number of carbonyl (C=O) groups excluding carboxylic acids is 3. The summed E-state index contributed by atoms with van der Waals surface area (Å²) in [6, 6.07) is 11.4. The fourth-order valence-corrected chi connectivity index (χ4v) is 3.60. The van der Waals surface area contributed by atoms with Gasteiger partial charge in [-0.05, 0) is 29.7 Å². The van der Waals surface area contributed by atoms with Crippen LogP contribution in [0.2, 0.25) is 0 Å². The molecule has 2 aromatic rings. The highest BCUT2D eigenvalue weighted by Gasteiger charge is 2.33. The van der Waals surface area contributed by atoms with E-state index in [0.717, 1.165) is 11.1 Å². The molecule has 0 aromatic heterocycles. The van der Waals surface area contributed by atoms with Crippen molar-refractivity contribution in [3.63, 3.8) is 0 Å². The Hall–Kier alpha value is -3.59. The lowest BCUT2D eigenvalue weighted by atomic mass is 9.94. The quantitative estimate of drug-likeness (QED) is 0.737. The van der Waals surface area contributed by atoms with E-state index in [1.807, 2.05) is 24.3 Å². The van der Waals surface area contributed by atoms with Gasteiger partial charge < -0.3 is 19.5 Å². The van der Waals surface area contributed by atoms with E-state index in [1.54, 1.807) is 23.1 Å². The molecule has 9 nitrogen and oxygen atoms in total. The number of hydrogen-bond acceptors (Lipinski definition) is 7. The Labute approximate surface area is 172 Å². The smallest absolute Gasteiger partial charge is 0.325 e. The first-order valence-corrected chi connectivity index (χ1v) is 9.42. The number of esters is 1. The minimum absolute atomic E-state index is 0.122. The molecule has 4 rings (SSSR count). The normalized spacial score (nSPS) is 17.0. The molecular weight excluding hydrogens is 390 g/mol. The van der Waals surface area contributed by atoms with E-state index in [1.165, 1.54) is 7.11 Å². The largest absolute Gasteiger partial charge is 0.468 e. The fraction of sp³-hybridized carbons (Fsp3) is 0.286. The summed E-state index contributed by atoms with van der Waals surface area (Å²) in [4.78, 5) is 38.6. The number of carbonyl (C=O) groups is 3. The van der Waals surface area contributed by atoms with Crippen molar-refractivity contribution >= 4 is 23.6 Å². The predicted molar refractivity (Wildman–Crippen MR) is 106 cm³/mol. The minimum atomic E-state index is -0.675. The topological polar surface area (TPSA) is 106 Å². The molecule has 0 saturated heterocycles. The lowest BCUT2D eigenvalue weighted by molar-refractivity contribution is -0.148. The van der Waals surface area contributed by atoms with Crippen molar-refractivity contribution in [1.29, 1.82) is 0 Å². The molecule has 0 unspecified atom stereocenters. The van der Waals surface area contributed by atoms with Crippen LogP contribution >= 0.6 is 0 Å². The third-order valence-electron chi connectivity index (χ3n) is 5.05. The highest BCUT2D eigenvalue weighted by Crippen LogP contribution is 2.34. The predicted octanol–water partition coefficient (Wildman–Crippen LogP) is 1.66. The van der Waals surface area contributed by atoms with Crippen LogP contribution in [-0.2, 0) is 27.3 Å². The third-order valence-corrected chi connectivity index (χ3v) is 5.05. The highest BCUT2D eigenvalue weighted by atomic mass is 16.7. The van der Waals surface area contributed by atoms with E-state index in [0.29, 0.717) is 30.2 Å². The lowest BCUT2D eigenvalue weighted by Crippen LogP contribution is -2.51. The first-order valence-electron chi connectivity index (χ1n) is 9.42. The van der Waals surface area contributed by atoms with Crippen LogP contribution in [0.1, 0.15) is 11.1 Å². The number of nitrogens with one attached hydrogen (secondary N) is 2. The number of methoxy groups -OCH3 is 1. The third kappa shape index (κ3) is 4.20. The summed E-state index contributed by atoms with van der Waals surface area (Å²) in [5.41, 5.74) is 2.55. The molecule has 0 radical (unpaired) electrons. The van der Waals surface area contributed by atoms with Gasteiger partial charge >= 0.3 is 12.0 Å². The molecule has 2 aliphatic heterocycles. The second kappa shape index (κ2) is 8.42. The van der Waals surface area contributed by atoms with Crippen LogP contribution < -0.4 is 20.1 Å². The van der Waals surface area contributed by atoms with Crippen LogP contribution in [0.15, 0.2) is 42.5 Å². The zero-order chi connectivity index (χ0) is 21.1. The van der Waals surface area contributed by atoms with Crippen LogP contribution in [0.4, 0.5) is 10.5 Å². The fourth-order valence-electron chi connectivity index (χ4n) is 3.60. The van der Waals surface area contributed by atoms with Gasteiger partial charge in [0, 0.05) is 18.3 Å². The maximum Gasteiger partial charge on any atom is 0.325 e. The number of benzene rings is 2. The van der Waals surface area contributed by atoms with Crippen molar-refractivity contribution in [3.8, 4) is 11.5 Å². The molecular formula is C21H21N3O6. The van der Waals surface area contributed by atoms with Gasteiger partial charge in [0.2, 0.25) is 12.7 Å². The van der Waals surface area contributed by atoms with Crippen molar-refractivity contribution in [2.75, 3.05) is 25.8 Å². The summed E-state index contributed by atoms with van der Waals surface area (Å²) in [6.07, 6.45) is 0.444. The maximum absolute atomic E-state index is 12.5. The van der Waals surface area contributed by atoms with E-state index in [4.69, 9.17) is 14.2 Å². The van der Waals surface area contributed by atoms with Crippen molar-refractivity contribution < 1.29 is 28.6 Å². The van der Waals surface area contributed by atoms with Gasteiger partial charge in [-0.1, -0.05) is 24.3 Å². The molecule has 2 N–H and O–H groups in total. The van der Waals surface area contributed by atoms with Crippen molar-refractivity contribution in [3.05, 3.63) is 53.6 Å². The summed E-state index contributed by atoms with van der Waals surface area (Å²) < 4.78 is 15.4. The molecule has 0 spiro atoms. The van der Waals surface area contributed by atoms with Gasteiger partial charge in [0.1, 0.15) is 6.04 Å². The Kier molecular flexibility index (Phi) is 5.53. The molecule has 2 aliphatic rings. The van der Waals surface area contributed by atoms with Gasteiger partial charge in [0.15, 0.2) is 11.5 Å². The maximum atomic E-state index is 12.5. The number of amides is 3.